The zero-order valence-corrected chi connectivity index (χ0v) is 19.4. The van der Waals surface area contributed by atoms with Crippen molar-refractivity contribution in [3.8, 4) is 0 Å². The van der Waals surface area contributed by atoms with Gasteiger partial charge >= 0.3 is 14.5 Å². The van der Waals surface area contributed by atoms with Crippen molar-refractivity contribution in [1.82, 2.24) is 23.0 Å². The molecule has 6 atom stereocenters. The molecule has 17 N–H and O–H groups in total. The van der Waals surface area contributed by atoms with E-state index in [0.717, 1.165) is 0 Å². The Kier molecular flexibility index (Phi) is 10.5. The van der Waals surface area contributed by atoms with Crippen LogP contribution >= 0.6 is 14.5 Å². The van der Waals surface area contributed by atoms with Crippen molar-refractivity contribution in [3.05, 3.63) is 12.0 Å². The third kappa shape index (κ3) is 6.48. The number of hydrogen-bond donors (Lipinski definition) is 10. The van der Waals surface area contributed by atoms with E-state index < -0.39 is 51.9 Å². The van der Waals surface area contributed by atoms with Crippen LogP contribution in [0, 0.1) is 0 Å². The van der Waals surface area contributed by atoms with E-state index in [0.29, 0.717) is 0 Å². The van der Waals surface area contributed by atoms with Gasteiger partial charge in [0, 0.05) is 6.23 Å². The van der Waals surface area contributed by atoms with Crippen LogP contribution in [0.4, 0.5) is 5.82 Å². The van der Waals surface area contributed by atoms with Crippen LogP contribution in [0.5, 0.6) is 0 Å². The first-order valence-electron chi connectivity index (χ1n) is 7.91. The summed E-state index contributed by atoms with van der Waals surface area (Å²) in [6.45, 7) is -5.24. The van der Waals surface area contributed by atoms with E-state index in [4.69, 9.17) is 20.3 Å². The number of aliphatic imine (C=N–C) groups is 1. The van der Waals surface area contributed by atoms with Crippen LogP contribution in [0.15, 0.2) is 11.3 Å². The first kappa shape index (κ1) is 30.9. The number of phosphoric ester groups is 1. The van der Waals surface area contributed by atoms with E-state index in [9.17, 15) is 24.8 Å². The number of aromatic nitrogens is 2. The van der Waals surface area contributed by atoms with Gasteiger partial charge in [0.15, 0.2) is 12.0 Å². The summed E-state index contributed by atoms with van der Waals surface area (Å²) in [5.41, 5.74) is 5.78. The second kappa shape index (κ2) is 10.9. The summed E-state index contributed by atoms with van der Waals surface area (Å²) in [5.74, 6) is 0.0442. The van der Waals surface area contributed by atoms with Gasteiger partial charge in [-0.15, -0.1) is 0 Å². The minimum absolute atomic E-state index is 0. The first-order valence-corrected chi connectivity index (χ1v) is 12.0. The van der Waals surface area contributed by atoms with Gasteiger partial charge in [0.05, 0.1) is 13.7 Å². The van der Waals surface area contributed by atoms with Gasteiger partial charge in [-0.2, -0.15) is 0 Å². The summed E-state index contributed by atoms with van der Waals surface area (Å²) in [5, 5.41) is 35.4. The van der Waals surface area contributed by atoms with Crippen LogP contribution in [0.25, 0.3) is 0 Å². The van der Waals surface area contributed by atoms with Crippen LogP contribution in [-0.4, -0.2) is 60.3 Å². The molecule has 0 aliphatic carbocycles. The second-order valence-corrected chi connectivity index (χ2v) is 10.5. The van der Waals surface area contributed by atoms with Crippen LogP contribution in [0.1, 0.15) is 18.1 Å². The number of ether oxygens (including phenoxy) is 1. The molecule has 2 aliphatic rings. The molecule has 1 aromatic heterocycles. The number of nitrogens with two attached hydrogens (primary N) is 1. The Morgan fingerprint density at radius 3 is 2.50 bits per heavy atom. The maximum atomic E-state index is 12.1. The zero-order valence-electron chi connectivity index (χ0n) is 16.8. The number of aliphatic hydroxyl groups excluding tert-OH is 2. The first-order chi connectivity index (χ1) is 13.3. The number of fused-ring (bicyclic) bond motifs is 1. The number of nitrogens with zero attached hydrogens (tertiary/aromatic N) is 3. The number of anilines is 1. The van der Waals surface area contributed by atoms with E-state index in [1.807, 2.05) is 0 Å². The van der Waals surface area contributed by atoms with Gasteiger partial charge in [-0.1, -0.05) is 0 Å². The number of nitrogens with one attached hydrogen (secondary N) is 1. The number of aliphatic hydroxyl groups is 2. The normalized spacial score (nSPS) is 28.7. The van der Waals surface area contributed by atoms with E-state index in [1.165, 1.54) is 15.5 Å². The molecule has 1 fully saturated rings. The molecule has 18 nitrogen and oxygen atoms in total. The molecule has 1 aromatic rings. The van der Waals surface area contributed by atoms with Crippen LogP contribution in [0.3, 0.4) is 0 Å². The number of hydrogen-bond acceptors (Lipinski definition) is 14. The molecule has 0 radical (unpaired) electrons. The molecule has 3 heterocycles. The summed E-state index contributed by atoms with van der Waals surface area (Å²) in [6, 6.07) is 0. The average Bonchev–Trinajstić information content (AvgIpc) is 3.01. The lowest BCUT2D eigenvalue weighted by molar-refractivity contribution is -0.753. The van der Waals surface area contributed by atoms with E-state index in [-0.39, 0.29) is 35.9 Å². The zero-order chi connectivity index (χ0) is 21.7. The SMILES string of the molecule is Cn1c[n+]([C@@H]2O[C@H](COP(=O)(O)OP(O)(O)=S)[C@@H](O)[C@H]2O)c2c1C([O-])N=C(N)N2.N.N.N. The number of aryl methyl sites for hydroxylation is 1. The van der Waals surface area contributed by atoms with Gasteiger partial charge in [-0.3, -0.25) is 9.09 Å². The molecule has 188 valence electrons. The molecule has 2 aliphatic heterocycles. The maximum Gasteiger partial charge on any atom is 0.479 e. The number of guanidine groups is 1. The third-order valence-corrected chi connectivity index (χ3v) is 6.89. The monoisotopic (exact) mass is 526 g/mol. The molecule has 0 bridgehead atoms. The summed E-state index contributed by atoms with van der Waals surface area (Å²) in [4.78, 5) is 31.0. The smallest absolute Gasteiger partial charge is 0.479 e. The van der Waals surface area contributed by atoms with E-state index in [1.54, 1.807) is 7.05 Å². The van der Waals surface area contributed by atoms with Crippen molar-refractivity contribution < 1.29 is 52.7 Å². The largest absolute Gasteiger partial charge is 0.829 e. The molecule has 1 saturated heterocycles. The topological polar surface area (TPSA) is 333 Å². The molecule has 32 heavy (non-hydrogen) atoms. The molecule has 0 amide bonds. The molecular formula is C11H28N8O10P2S. The standard InChI is InChI=1S/C11H19N5O10P2S.3H3N/c1-15-3-16(8-5(15)9(19)14-11(12)13-8)10-7(18)6(17)4(25-10)2-24-27(20,21)26-28(22,23)29;;;/h3-4,6-7,9-10,17-18H,2H2,1H3,(H,20,21)(H3,12,13,14)(H2,22,23,29);3*1H3/t4-,6-,7-,9?,10-;;;/m1.../s1. The van der Waals surface area contributed by atoms with Gasteiger partial charge in [0.25, 0.3) is 11.8 Å². The van der Waals surface area contributed by atoms with Gasteiger partial charge < -0.3 is 58.9 Å². The van der Waals surface area contributed by atoms with E-state index in [2.05, 4.69) is 31.0 Å². The molecule has 21 heteroatoms. The van der Waals surface area contributed by atoms with Gasteiger partial charge in [-0.25, -0.2) is 23.8 Å². The van der Waals surface area contributed by atoms with Gasteiger partial charge in [0.1, 0.15) is 18.3 Å². The van der Waals surface area contributed by atoms with Crippen molar-refractivity contribution in [2.45, 2.75) is 30.8 Å². The Balaban J connectivity index is 0.00000320. The average molecular weight is 526 g/mol. The molecule has 0 saturated carbocycles. The Labute approximate surface area is 186 Å². The quantitative estimate of drug-likeness (QED) is 0.129. The second-order valence-electron chi connectivity index (χ2n) is 6.24. The molecule has 2 unspecified atom stereocenters. The summed E-state index contributed by atoms with van der Waals surface area (Å²) >= 11 is 4.09. The molecular weight excluding hydrogens is 498 g/mol. The molecule has 0 spiro atoms. The van der Waals surface area contributed by atoms with Gasteiger partial charge in [-0.05, 0) is 11.8 Å². The summed E-state index contributed by atoms with van der Waals surface area (Å²) in [6.07, 6.45) is -5.72. The van der Waals surface area contributed by atoms with Crippen molar-refractivity contribution in [2.24, 2.45) is 17.8 Å². The summed E-state index contributed by atoms with van der Waals surface area (Å²) < 4.78 is 28.5. The number of phosphoric acid groups is 1. The van der Waals surface area contributed by atoms with Crippen LogP contribution < -0.4 is 39.2 Å². The summed E-state index contributed by atoms with van der Waals surface area (Å²) in [7, 11) is -3.40. The fraction of sp³-hybridized carbons (Fsp3) is 0.636. The minimum Gasteiger partial charge on any atom is -0.829 e. The number of rotatable bonds is 6. The lowest BCUT2D eigenvalue weighted by Crippen LogP contribution is -2.49. The fourth-order valence-electron chi connectivity index (χ4n) is 2.98. The fourth-order valence-corrected chi connectivity index (χ4v) is 5.34. The highest BCUT2D eigenvalue weighted by Gasteiger charge is 2.48. The van der Waals surface area contributed by atoms with Crippen molar-refractivity contribution >= 4 is 38.1 Å². The van der Waals surface area contributed by atoms with Gasteiger partial charge in [0.2, 0.25) is 6.23 Å². The highest BCUT2D eigenvalue weighted by Crippen LogP contribution is 2.57. The van der Waals surface area contributed by atoms with Crippen molar-refractivity contribution in [1.29, 1.82) is 0 Å². The predicted molar refractivity (Wildman–Crippen MR) is 110 cm³/mol. The Morgan fingerprint density at radius 1 is 1.34 bits per heavy atom. The van der Waals surface area contributed by atoms with Crippen molar-refractivity contribution in [2.75, 3.05) is 11.9 Å². The maximum absolute atomic E-state index is 12.1. The number of imidazole rings is 1. The lowest BCUT2D eigenvalue weighted by atomic mass is 10.1. The van der Waals surface area contributed by atoms with E-state index >= 15 is 0 Å². The van der Waals surface area contributed by atoms with Crippen LogP contribution in [0.2, 0.25) is 0 Å². The molecule has 3 rings (SSSR count). The highest BCUT2D eigenvalue weighted by molar-refractivity contribution is 8.08. The Hall–Kier alpha value is -1.12. The predicted octanol–water partition coefficient (Wildman–Crippen LogP) is -3.14. The third-order valence-electron chi connectivity index (χ3n) is 4.14. The lowest BCUT2D eigenvalue weighted by Gasteiger charge is -2.22. The van der Waals surface area contributed by atoms with Crippen molar-refractivity contribution in [3.63, 3.8) is 0 Å². The Morgan fingerprint density at radius 2 is 1.94 bits per heavy atom. The minimum atomic E-state index is -4.96. The van der Waals surface area contributed by atoms with Crippen LogP contribution in [-0.2, 0) is 37.0 Å². The highest BCUT2D eigenvalue weighted by atomic mass is 32.5. The molecule has 0 aromatic carbocycles. The Bertz CT molecular complexity index is 927.